The van der Waals surface area contributed by atoms with E-state index in [-0.39, 0.29) is 24.4 Å². The number of carboxylic acids is 1. The van der Waals surface area contributed by atoms with Gasteiger partial charge in [0.2, 0.25) is 0 Å². The largest absolute Gasteiger partial charge is 1.00 e. The fourth-order valence-corrected chi connectivity index (χ4v) is 0.690. The minimum absolute atomic E-state index is 0. The molecule has 0 aliphatic rings. The molecule has 0 unspecified atom stereocenters. The van der Waals surface area contributed by atoms with Crippen molar-refractivity contribution in [1.29, 1.82) is 0 Å². The average Bonchev–Trinajstić information content (AvgIpc) is 1.88. The Labute approximate surface area is 77.4 Å². The first-order valence-corrected chi connectivity index (χ1v) is 2.98. The number of carbonyl (C=O) groups excluding carboxylic acids is 1. The van der Waals surface area contributed by atoms with Crippen molar-refractivity contribution in [3.05, 3.63) is 35.4 Å². The van der Waals surface area contributed by atoms with Crippen LogP contribution in [0.15, 0.2) is 24.3 Å². The Morgan fingerprint density at radius 1 is 1.27 bits per heavy atom. The van der Waals surface area contributed by atoms with Crippen LogP contribution < -0.4 is 24.0 Å². The van der Waals surface area contributed by atoms with Crippen molar-refractivity contribution >= 4 is 5.97 Å². The molecule has 0 bridgehead atoms. The molecule has 0 saturated heterocycles. The van der Waals surface area contributed by atoms with Gasteiger partial charge in [-0.05, 0) is 12.5 Å². The Kier molecular flexibility index (Phi) is 3.95. The molecule has 0 aliphatic carbocycles. The van der Waals surface area contributed by atoms with E-state index in [0.29, 0.717) is 0 Å². The van der Waals surface area contributed by atoms with E-state index in [0.717, 1.165) is 5.56 Å². The zero-order valence-electron chi connectivity index (χ0n) is 6.63. The van der Waals surface area contributed by atoms with Gasteiger partial charge in [0.1, 0.15) is 0 Å². The topological polar surface area (TPSA) is 40.1 Å². The predicted molar refractivity (Wildman–Crippen MR) is 35.5 cm³/mol. The third-order valence-corrected chi connectivity index (χ3v) is 1.29. The van der Waals surface area contributed by atoms with Crippen LogP contribution in [0.1, 0.15) is 15.9 Å². The van der Waals surface area contributed by atoms with Gasteiger partial charge < -0.3 is 9.90 Å². The summed E-state index contributed by atoms with van der Waals surface area (Å²) >= 11 is 0. The predicted octanol–water partition coefficient (Wildman–Crippen LogP) is -2.64. The Morgan fingerprint density at radius 2 is 1.73 bits per heavy atom. The normalized spacial score (nSPS) is 8.45. The standard InChI is InChI=1S/C8H8O2.Li/c1-6-2-4-7(5-3-6)8(9)10;/h2-5H,1H3,(H,9,10);/q;+1/p-1. The van der Waals surface area contributed by atoms with Crippen LogP contribution in [-0.4, -0.2) is 5.97 Å². The minimum Gasteiger partial charge on any atom is -0.545 e. The first-order chi connectivity index (χ1) is 4.70. The van der Waals surface area contributed by atoms with Crippen molar-refractivity contribution in [2.75, 3.05) is 0 Å². The third kappa shape index (κ3) is 2.79. The maximum Gasteiger partial charge on any atom is 1.00 e. The molecule has 0 radical (unpaired) electrons. The van der Waals surface area contributed by atoms with E-state index in [9.17, 15) is 9.90 Å². The van der Waals surface area contributed by atoms with Gasteiger partial charge in [-0.25, -0.2) is 0 Å². The number of rotatable bonds is 1. The number of benzene rings is 1. The van der Waals surface area contributed by atoms with E-state index in [4.69, 9.17) is 0 Å². The van der Waals surface area contributed by atoms with Crippen molar-refractivity contribution in [3.63, 3.8) is 0 Å². The average molecular weight is 142 g/mol. The number of aryl methyl sites for hydroxylation is 1. The van der Waals surface area contributed by atoms with Gasteiger partial charge in [-0.3, -0.25) is 0 Å². The van der Waals surface area contributed by atoms with Crippen LogP contribution in [0.25, 0.3) is 0 Å². The molecule has 1 aromatic rings. The van der Waals surface area contributed by atoms with Crippen LogP contribution in [0.5, 0.6) is 0 Å². The van der Waals surface area contributed by atoms with Gasteiger partial charge in [0.05, 0.1) is 5.97 Å². The van der Waals surface area contributed by atoms with E-state index in [1.54, 1.807) is 12.1 Å². The summed E-state index contributed by atoms with van der Waals surface area (Å²) in [6.45, 7) is 1.90. The molecular formula is C8H7LiO2. The quantitative estimate of drug-likeness (QED) is 0.402. The van der Waals surface area contributed by atoms with Crippen molar-refractivity contribution < 1.29 is 28.8 Å². The minimum atomic E-state index is -1.12. The van der Waals surface area contributed by atoms with Gasteiger partial charge in [0.15, 0.2) is 0 Å². The second-order valence-corrected chi connectivity index (χ2v) is 2.15. The Hall–Kier alpha value is -0.713. The van der Waals surface area contributed by atoms with E-state index in [2.05, 4.69) is 0 Å². The van der Waals surface area contributed by atoms with Gasteiger partial charge >= 0.3 is 18.9 Å². The van der Waals surface area contributed by atoms with Crippen molar-refractivity contribution in [2.45, 2.75) is 6.92 Å². The van der Waals surface area contributed by atoms with Crippen LogP contribution in [0.4, 0.5) is 0 Å². The van der Waals surface area contributed by atoms with Crippen LogP contribution in [0.2, 0.25) is 0 Å². The number of hydrogen-bond donors (Lipinski definition) is 0. The second kappa shape index (κ2) is 4.22. The maximum atomic E-state index is 10.2. The van der Waals surface area contributed by atoms with E-state index in [1.807, 2.05) is 6.92 Å². The maximum absolute atomic E-state index is 10.2. The molecule has 0 fully saturated rings. The molecule has 0 aromatic heterocycles. The van der Waals surface area contributed by atoms with E-state index >= 15 is 0 Å². The SMILES string of the molecule is Cc1ccc(C(=O)[O-])cc1.[Li+]. The van der Waals surface area contributed by atoms with Crippen LogP contribution in [0, 0.1) is 6.92 Å². The number of aromatic carboxylic acids is 1. The van der Waals surface area contributed by atoms with Crippen molar-refractivity contribution in [1.82, 2.24) is 0 Å². The van der Waals surface area contributed by atoms with E-state index in [1.165, 1.54) is 12.1 Å². The molecular weight excluding hydrogens is 135 g/mol. The zero-order valence-corrected chi connectivity index (χ0v) is 6.63. The molecule has 0 saturated carbocycles. The summed E-state index contributed by atoms with van der Waals surface area (Å²) in [6.07, 6.45) is 0. The molecule has 52 valence electrons. The second-order valence-electron chi connectivity index (χ2n) is 2.15. The number of hydrogen-bond acceptors (Lipinski definition) is 2. The molecule has 11 heavy (non-hydrogen) atoms. The molecule has 0 N–H and O–H groups in total. The summed E-state index contributed by atoms with van der Waals surface area (Å²) in [6, 6.07) is 6.55. The van der Waals surface area contributed by atoms with Crippen LogP contribution in [-0.2, 0) is 0 Å². The van der Waals surface area contributed by atoms with Crippen molar-refractivity contribution in [2.24, 2.45) is 0 Å². The molecule has 0 spiro atoms. The zero-order chi connectivity index (χ0) is 7.56. The summed E-state index contributed by atoms with van der Waals surface area (Å²) < 4.78 is 0. The molecule has 3 heteroatoms. The summed E-state index contributed by atoms with van der Waals surface area (Å²) in [5, 5.41) is 10.2. The summed E-state index contributed by atoms with van der Waals surface area (Å²) in [5.41, 5.74) is 1.27. The summed E-state index contributed by atoms with van der Waals surface area (Å²) in [7, 11) is 0. The monoisotopic (exact) mass is 142 g/mol. The van der Waals surface area contributed by atoms with Crippen LogP contribution in [0.3, 0.4) is 0 Å². The first kappa shape index (κ1) is 10.3. The van der Waals surface area contributed by atoms with Gasteiger partial charge in [-0.15, -0.1) is 0 Å². The fraction of sp³-hybridized carbons (Fsp3) is 0.125. The van der Waals surface area contributed by atoms with Gasteiger partial charge in [0.25, 0.3) is 0 Å². The molecule has 0 heterocycles. The molecule has 1 rings (SSSR count). The van der Waals surface area contributed by atoms with Crippen molar-refractivity contribution in [3.8, 4) is 0 Å². The fourth-order valence-electron chi connectivity index (χ4n) is 0.690. The van der Waals surface area contributed by atoms with E-state index < -0.39 is 5.97 Å². The third-order valence-electron chi connectivity index (χ3n) is 1.29. The molecule has 0 aliphatic heterocycles. The molecule has 0 atom stereocenters. The molecule has 0 amide bonds. The Bertz CT molecular complexity index is 241. The summed E-state index contributed by atoms with van der Waals surface area (Å²) in [4.78, 5) is 10.2. The van der Waals surface area contributed by atoms with Gasteiger partial charge in [-0.2, -0.15) is 0 Å². The molecule has 2 nitrogen and oxygen atoms in total. The Morgan fingerprint density at radius 3 is 2.09 bits per heavy atom. The summed E-state index contributed by atoms with van der Waals surface area (Å²) in [5.74, 6) is -1.12. The first-order valence-electron chi connectivity index (χ1n) is 2.98. The smallest absolute Gasteiger partial charge is 0.545 e. The molecule has 1 aromatic carbocycles. The van der Waals surface area contributed by atoms with Gasteiger partial charge in [-0.1, -0.05) is 29.8 Å². The Balaban J connectivity index is 0.000001000. The number of carboxylic acid groups (broad SMARTS) is 1. The van der Waals surface area contributed by atoms with Crippen LogP contribution >= 0.6 is 0 Å². The van der Waals surface area contributed by atoms with Gasteiger partial charge in [0, 0.05) is 0 Å². The number of carbonyl (C=O) groups is 1.